The molecule has 1 N–H and O–H groups in total. The molecule has 4 rings (SSSR count). The molecule has 1 saturated heterocycles. The molecule has 142 valence electrons. The highest BCUT2D eigenvalue weighted by Gasteiger charge is 2.49. The number of rotatable bonds is 4. The largest absolute Gasteiger partial charge is 0.349 e. The summed E-state index contributed by atoms with van der Waals surface area (Å²) in [5, 5.41) is 7.06. The number of nitrogens with zero attached hydrogens (tertiary/aromatic N) is 4. The number of likely N-dealkylation sites (tertiary alicyclic amines) is 1. The van der Waals surface area contributed by atoms with Gasteiger partial charge < -0.3 is 14.8 Å². The summed E-state index contributed by atoms with van der Waals surface area (Å²) in [4.78, 5) is 38.4. The van der Waals surface area contributed by atoms with Crippen LogP contribution in [0, 0.1) is 5.41 Å². The first kappa shape index (κ1) is 17.5. The van der Waals surface area contributed by atoms with Crippen LogP contribution in [0.2, 0.25) is 0 Å². The van der Waals surface area contributed by atoms with Crippen LogP contribution in [0.15, 0.2) is 41.6 Å². The van der Waals surface area contributed by atoms with Gasteiger partial charge in [0.2, 0.25) is 5.91 Å². The Bertz CT molecular complexity index is 925. The number of amides is 2. The van der Waals surface area contributed by atoms with E-state index in [9.17, 15) is 14.4 Å². The van der Waals surface area contributed by atoms with Crippen molar-refractivity contribution in [1.82, 2.24) is 24.6 Å². The van der Waals surface area contributed by atoms with E-state index < -0.39 is 0 Å². The van der Waals surface area contributed by atoms with E-state index in [0.717, 1.165) is 19.3 Å². The molecule has 0 unspecified atom stereocenters. The minimum atomic E-state index is -0.165. The summed E-state index contributed by atoms with van der Waals surface area (Å²) in [6.07, 6.45) is 7.61. The van der Waals surface area contributed by atoms with Crippen LogP contribution in [0.1, 0.15) is 29.6 Å². The number of hydrogen-bond acceptors (Lipinski definition) is 4. The monoisotopic (exact) mass is 369 g/mol. The number of aromatic nitrogens is 3. The van der Waals surface area contributed by atoms with Crippen LogP contribution in [0.5, 0.6) is 0 Å². The van der Waals surface area contributed by atoms with Crippen LogP contribution in [-0.2, 0) is 18.4 Å². The molecule has 2 aromatic rings. The van der Waals surface area contributed by atoms with Crippen LogP contribution in [0.4, 0.5) is 0 Å². The molecule has 0 bridgehead atoms. The van der Waals surface area contributed by atoms with Gasteiger partial charge in [0.25, 0.3) is 11.5 Å². The van der Waals surface area contributed by atoms with Crippen molar-refractivity contribution in [2.24, 2.45) is 12.5 Å². The van der Waals surface area contributed by atoms with E-state index in [2.05, 4.69) is 10.4 Å². The van der Waals surface area contributed by atoms with Crippen LogP contribution in [0.3, 0.4) is 0 Å². The average molecular weight is 369 g/mol. The predicted molar refractivity (Wildman–Crippen MR) is 98.0 cm³/mol. The summed E-state index contributed by atoms with van der Waals surface area (Å²) in [7, 11) is 1.78. The first-order valence-electron chi connectivity index (χ1n) is 9.17. The van der Waals surface area contributed by atoms with Crippen LogP contribution >= 0.6 is 0 Å². The number of hydrogen-bond donors (Lipinski definition) is 1. The molecule has 2 amide bonds. The van der Waals surface area contributed by atoms with Crippen molar-refractivity contribution in [1.29, 1.82) is 0 Å². The zero-order chi connectivity index (χ0) is 19.0. The summed E-state index contributed by atoms with van der Waals surface area (Å²) < 4.78 is 3.04. The summed E-state index contributed by atoms with van der Waals surface area (Å²) in [5.41, 5.74) is 0.501. The highest BCUT2D eigenvalue weighted by molar-refractivity contribution is 5.93. The Morgan fingerprint density at radius 2 is 2.15 bits per heavy atom. The SMILES string of the molecule is Cn1cc(C(=O)NC2CC3(CCN(C(=O)Cn4ccccc4=O)C3)C2)cn1. The van der Waals surface area contributed by atoms with E-state index in [1.165, 1.54) is 10.6 Å². The van der Waals surface area contributed by atoms with Gasteiger partial charge in [0.15, 0.2) is 0 Å². The molecule has 1 spiro atoms. The third-order valence-corrected chi connectivity index (χ3v) is 5.66. The van der Waals surface area contributed by atoms with Crippen LogP contribution in [0.25, 0.3) is 0 Å². The lowest BCUT2D eigenvalue weighted by molar-refractivity contribution is -0.131. The van der Waals surface area contributed by atoms with Crippen molar-refractivity contribution in [2.75, 3.05) is 13.1 Å². The van der Waals surface area contributed by atoms with Gasteiger partial charge in [-0.1, -0.05) is 6.07 Å². The first-order valence-corrected chi connectivity index (χ1v) is 9.17. The van der Waals surface area contributed by atoms with Gasteiger partial charge in [-0.25, -0.2) is 0 Å². The summed E-state index contributed by atoms with van der Waals surface area (Å²) in [6.45, 7) is 1.49. The molecule has 2 aromatic heterocycles. The molecular formula is C19H23N5O3. The fraction of sp³-hybridized carbons (Fsp3) is 0.474. The Hall–Kier alpha value is -2.90. The summed E-state index contributed by atoms with van der Waals surface area (Å²) in [6, 6.07) is 5.02. The molecule has 0 atom stereocenters. The van der Waals surface area contributed by atoms with Crippen LogP contribution in [-0.4, -0.2) is 50.2 Å². The molecular weight excluding hydrogens is 346 g/mol. The Morgan fingerprint density at radius 3 is 2.85 bits per heavy atom. The Labute approximate surface area is 156 Å². The van der Waals surface area contributed by atoms with Crippen molar-refractivity contribution >= 4 is 11.8 Å². The maximum absolute atomic E-state index is 12.5. The van der Waals surface area contributed by atoms with E-state index in [4.69, 9.17) is 0 Å². The normalized spacial score (nSPS) is 24.0. The second kappa shape index (κ2) is 6.68. The van der Waals surface area contributed by atoms with Crippen molar-refractivity contribution < 1.29 is 9.59 Å². The second-order valence-corrected chi connectivity index (χ2v) is 7.71. The van der Waals surface area contributed by atoms with Crippen LogP contribution < -0.4 is 10.9 Å². The van der Waals surface area contributed by atoms with Gasteiger partial charge in [0.05, 0.1) is 11.8 Å². The molecule has 2 fully saturated rings. The zero-order valence-electron chi connectivity index (χ0n) is 15.3. The number of pyridine rings is 1. The molecule has 1 saturated carbocycles. The lowest BCUT2D eigenvalue weighted by atomic mass is 9.65. The van der Waals surface area contributed by atoms with E-state index in [1.807, 2.05) is 4.90 Å². The maximum Gasteiger partial charge on any atom is 0.254 e. The highest BCUT2D eigenvalue weighted by atomic mass is 16.2. The number of aryl methyl sites for hydroxylation is 1. The lowest BCUT2D eigenvalue weighted by Gasteiger charge is -2.45. The minimum absolute atomic E-state index is 0.0250. The van der Waals surface area contributed by atoms with E-state index in [1.54, 1.807) is 42.5 Å². The second-order valence-electron chi connectivity index (χ2n) is 7.71. The topological polar surface area (TPSA) is 89.2 Å². The van der Waals surface area contributed by atoms with Gasteiger partial charge in [-0.05, 0) is 30.7 Å². The van der Waals surface area contributed by atoms with Gasteiger partial charge in [-0.2, -0.15) is 5.10 Å². The molecule has 1 aliphatic carbocycles. The van der Waals surface area contributed by atoms with E-state index in [-0.39, 0.29) is 35.4 Å². The fourth-order valence-corrected chi connectivity index (χ4v) is 4.21. The predicted octanol–water partition coefficient (Wildman–Crippen LogP) is 0.393. The van der Waals surface area contributed by atoms with Gasteiger partial charge in [-0.15, -0.1) is 0 Å². The third-order valence-electron chi connectivity index (χ3n) is 5.66. The molecule has 0 radical (unpaired) electrons. The Kier molecular flexibility index (Phi) is 4.33. The minimum Gasteiger partial charge on any atom is -0.349 e. The van der Waals surface area contributed by atoms with Crippen molar-refractivity contribution in [3.05, 3.63) is 52.7 Å². The van der Waals surface area contributed by atoms with Gasteiger partial charge in [0, 0.05) is 44.6 Å². The van der Waals surface area contributed by atoms with Crippen molar-refractivity contribution in [3.63, 3.8) is 0 Å². The average Bonchev–Trinajstić information content (AvgIpc) is 3.23. The summed E-state index contributed by atoms with van der Waals surface area (Å²) >= 11 is 0. The molecule has 8 nitrogen and oxygen atoms in total. The molecule has 8 heteroatoms. The number of carbonyl (C=O) groups excluding carboxylic acids is 2. The molecule has 0 aromatic carbocycles. The van der Waals surface area contributed by atoms with E-state index in [0.29, 0.717) is 18.7 Å². The Morgan fingerprint density at radius 1 is 1.33 bits per heavy atom. The van der Waals surface area contributed by atoms with Gasteiger partial charge >= 0.3 is 0 Å². The standard InChI is InChI=1S/C19H23N5O3/c1-22-11-14(10-20-22)18(27)21-15-8-19(9-15)5-7-24(13-19)17(26)12-23-6-3-2-4-16(23)25/h2-4,6,10-11,15H,5,7-9,12-13H2,1H3,(H,21,27). The number of nitrogens with one attached hydrogen (secondary N) is 1. The maximum atomic E-state index is 12.5. The van der Waals surface area contributed by atoms with E-state index >= 15 is 0 Å². The number of carbonyl (C=O) groups is 2. The zero-order valence-corrected chi connectivity index (χ0v) is 15.3. The Balaban J connectivity index is 1.29. The van der Waals surface area contributed by atoms with Crippen molar-refractivity contribution in [3.8, 4) is 0 Å². The highest BCUT2D eigenvalue weighted by Crippen LogP contribution is 2.48. The lowest BCUT2D eigenvalue weighted by Crippen LogP contribution is -2.52. The molecule has 2 aliphatic rings. The molecule has 3 heterocycles. The molecule has 27 heavy (non-hydrogen) atoms. The quantitative estimate of drug-likeness (QED) is 0.844. The van der Waals surface area contributed by atoms with Gasteiger partial charge in [0.1, 0.15) is 6.54 Å². The summed E-state index contributed by atoms with van der Waals surface area (Å²) in [5.74, 6) is -0.125. The van der Waals surface area contributed by atoms with Crippen molar-refractivity contribution in [2.45, 2.75) is 31.8 Å². The van der Waals surface area contributed by atoms with Gasteiger partial charge in [-0.3, -0.25) is 19.1 Å². The smallest absolute Gasteiger partial charge is 0.254 e. The third kappa shape index (κ3) is 3.51. The fourth-order valence-electron chi connectivity index (χ4n) is 4.21. The molecule has 1 aliphatic heterocycles. The first-order chi connectivity index (χ1) is 12.9.